The smallest absolute Gasteiger partial charge is 0.137 e. The van der Waals surface area contributed by atoms with Gasteiger partial charge in [-0.15, -0.1) is 0 Å². The Balaban J connectivity index is 2.17. The predicted molar refractivity (Wildman–Crippen MR) is 63.8 cm³/mol. The highest BCUT2D eigenvalue weighted by molar-refractivity contribution is 6.32. The van der Waals surface area contributed by atoms with Crippen molar-refractivity contribution in [1.29, 1.82) is 0 Å². The van der Waals surface area contributed by atoms with E-state index < -0.39 is 0 Å². The van der Waals surface area contributed by atoms with Gasteiger partial charge in [0.15, 0.2) is 0 Å². The van der Waals surface area contributed by atoms with Crippen LogP contribution in [0, 0.1) is 0 Å². The fourth-order valence-corrected chi connectivity index (χ4v) is 2.64. The Hall–Kier alpha value is -0.690. The average Bonchev–Trinajstić information content (AvgIpc) is 2.30. The van der Waals surface area contributed by atoms with Crippen LogP contribution in [0.5, 0.6) is 5.75 Å². The second kappa shape index (κ2) is 4.89. The standard InChI is InChI=1S/C13H17ClO/c1-15-13-8-7-11(9-12(13)14)10-5-3-2-4-6-10/h7-10H,2-6H2,1H3. The number of hydrogen-bond acceptors (Lipinski definition) is 1. The van der Waals surface area contributed by atoms with Gasteiger partial charge in [-0.25, -0.2) is 0 Å². The monoisotopic (exact) mass is 224 g/mol. The molecule has 1 aliphatic carbocycles. The highest BCUT2D eigenvalue weighted by Gasteiger charge is 2.16. The van der Waals surface area contributed by atoms with Crippen molar-refractivity contribution in [2.75, 3.05) is 7.11 Å². The van der Waals surface area contributed by atoms with E-state index in [1.54, 1.807) is 7.11 Å². The summed E-state index contributed by atoms with van der Waals surface area (Å²) < 4.78 is 5.16. The van der Waals surface area contributed by atoms with Crippen LogP contribution in [0.2, 0.25) is 5.02 Å². The largest absolute Gasteiger partial charge is 0.495 e. The van der Waals surface area contributed by atoms with E-state index in [2.05, 4.69) is 12.1 Å². The van der Waals surface area contributed by atoms with Crippen LogP contribution in [0.4, 0.5) is 0 Å². The molecule has 2 rings (SSSR count). The highest BCUT2D eigenvalue weighted by Crippen LogP contribution is 2.35. The molecule has 0 bridgehead atoms. The van der Waals surface area contributed by atoms with Gasteiger partial charge in [0.25, 0.3) is 0 Å². The van der Waals surface area contributed by atoms with Crippen LogP contribution in [-0.4, -0.2) is 7.11 Å². The van der Waals surface area contributed by atoms with Crippen molar-refractivity contribution in [2.45, 2.75) is 38.0 Å². The summed E-state index contributed by atoms with van der Waals surface area (Å²) >= 11 is 6.12. The molecule has 0 amide bonds. The third-order valence-electron chi connectivity index (χ3n) is 3.25. The molecule has 0 aliphatic heterocycles. The minimum atomic E-state index is 0.710. The molecule has 0 radical (unpaired) electrons. The van der Waals surface area contributed by atoms with Gasteiger partial charge in [0.05, 0.1) is 12.1 Å². The van der Waals surface area contributed by atoms with Crippen LogP contribution in [-0.2, 0) is 0 Å². The molecule has 0 spiro atoms. The van der Waals surface area contributed by atoms with E-state index in [1.165, 1.54) is 37.7 Å². The van der Waals surface area contributed by atoms with Crippen molar-refractivity contribution >= 4 is 11.6 Å². The highest BCUT2D eigenvalue weighted by atomic mass is 35.5. The summed E-state index contributed by atoms with van der Waals surface area (Å²) in [5.41, 5.74) is 1.38. The predicted octanol–water partition coefficient (Wildman–Crippen LogP) is 4.40. The van der Waals surface area contributed by atoms with Crippen LogP contribution >= 0.6 is 11.6 Å². The first-order chi connectivity index (χ1) is 7.31. The van der Waals surface area contributed by atoms with E-state index in [9.17, 15) is 0 Å². The van der Waals surface area contributed by atoms with Crippen LogP contribution in [0.25, 0.3) is 0 Å². The van der Waals surface area contributed by atoms with E-state index in [4.69, 9.17) is 16.3 Å². The van der Waals surface area contributed by atoms with E-state index in [-0.39, 0.29) is 0 Å². The molecule has 1 saturated carbocycles. The van der Waals surface area contributed by atoms with Crippen LogP contribution in [0.3, 0.4) is 0 Å². The zero-order chi connectivity index (χ0) is 10.7. The normalized spacial score (nSPS) is 17.7. The van der Waals surface area contributed by atoms with Crippen molar-refractivity contribution in [3.05, 3.63) is 28.8 Å². The lowest BCUT2D eigenvalue weighted by molar-refractivity contribution is 0.413. The van der Waals surface area contributed by atoms with Gasteiger partial charge < -0.3 is 4.74 Å². The average molecular weight is 225 g/mol. The van der Waals surface area contributed by atoms with Crippen molar-refractivity contribution in [3.63, 3.8) is 0 Å². The van der Waals surface area contributed by atoms with E-state index in [0.717, 1.165) is 10.8 Å². The van der Waals surface area contributed by atoms with Crippen LogP contribution < -0.4 is 4.74 Å². The SMILES string of the molecule is COc1ccc(C2CCCCC2)cc1Cl. The number of hydrogen-bond donors (Lipinski definition) is 0. The molecule has 1 aromatic rings. The summed E-state index contributed by atoms with van der Waals surface area (Å²) in [7, 11) is 1.65. The molecule has 0 aromatic heterocycles. The number of methoxy groups -OCH3 is 1. The number of ether oxygens (including phenoxy) is 1. The number of halogens is 1. The Morgan fingerprint density at radius 3 is 2.53 bits per heavy atom. The van der Waals surface area contributed by atoms with Gasteiger partial charge in [0.1, 0.15) is 5.75 Å². The topological polar surface area (TPSA) is 9.23 Å². The minimum absolute atomic E-state index is 0.710. The Labute approximate surface area is 96.4 Å². The number of benzene rings is 1. The van der Waals surface area contributed by atoms with E-state index in [0.29, 0.717) is 5.92 Å². The molecule has 0 N–H and O–H groups in total. The van der Waals surface area contributed by atoms with Crippen LogP contribution in [0.15, 0.2) is 18.2 Å². The summed E-state index contributed by atoms with van der Waals surface area (Å²) in [5, 5.41) is 0.737. The number of rotatable bonds is 2. The maximum atomic E-state index is 6.12. The molecule has 0 saturated heterocycles. The lowest BCUT2D eigenvalue weighted by Crippen LogP contribution is -2.04. The molecule has 1 aliphatic rings. The van der Waals surface area contributed by atoms with Gasteiger partial charge in [0.2, 0.25) is 0 Å². The van der Waals surface area contributed by atoms with Crippen molar-refractivity contribution in [1.82, 2.24) is 0 Å². The molecule has 0 heterocycles. The van der Waals surface area contributed by atoms with Gasteiger partial charge in [-0.05, 0) is 36.5 Å². The first kappa shape index (κ1) is 10.8. The summed E-state index contributed by atoms with van der Waals surface area (Å²) in [6, 6.07) is 6.20. The van der Waals surface area contributed by atoms with Gasteiger partial charge in [-0.3, -0.25) is 0 Å². The van der Waals surface area contributed by atoms with Crippen LogP contribution in [0.1, 0.15) is 43.6 Å². The fourth-order valence-electron chi connectivity index (χ4n) is 2.37. The summed E-state index contributed by atoms with van der Waals surface area (Å²) in [5.74, 6) is 1.48. The second-order valence-corrected chi connectivity index (χ2v) is 4.64. The maximum Gasteiger partial charge on any atom is 0.137 e. The molecule has 2 heteroatoms. The van der Waals surface area contributed by atoms with Crippen molar-refractivity contribution in [2.24, 2.45) is 0 Å². The van der Waals surface area contributed by atoms with Gasteiger partial charge in [-0.1, -0.05) is 36.9 Å². The molecule has 15 heavy (non-hydrogen) atoms. The summed E-state index contributed by atoms with van der Waals surface area (Å²) in [6.07, 6.45) is 6.72. The Morgan fingerprint density at radius 1 is 1.20 bits per heavy atom. The molecule has 82 valence electrons. The first-order valence-corrected chi connectivity index (χ1v) is 6.02. The zero-order valence-electron chi connectivity index (χ0n) is 9.13. The van der Waals surface area contributed by atoms with Gasteiger partial charge >= 0.3 is 0 Å². The second-order valence-electron chi connectivity index (χ2n) is 4.23. The van der Waals surface area contributed by atoms with E-state index in [1.807, 2.05) is 6.07 Å². The summed E-state index contributed by atoms with van der Waals surface area (Å²) in [4.78, 5) is 0. The lowest BCUT2D eigenvalue weighted by atomic mass is 9.84. The van der Waals surface area contributed by atoms with Gasteiger partial charge in [-0.2, -0.15) is 0 Å². The van der Waals surface area contributed by atoms with Crippen molar-refractivity contribution < 1.29 is 4.74 Å². The first-order valence-electron chi connectivity index (χ1n) is 5.64. The van der Waals surface area contributed by atoms with Gasteiger partial charge in [0, 0.05) is 0 Å². The molecular weight excluding hydrogens is 208 g/mol. The molecule has 1 nitrogen and oxygen atoms in total. The zero-order valence-corrected chi connectivity index (χ0v) is 9.89. The maximum absolute atomic E-state index is 6.12. The lowest BCUT2D eigenvalue weighted by Gasteiger charge is -2.22. The Kier molecular flexibility index (Phi) is 3.53. The van der Waals surface area contributed by atoms with E-state index >= 15 is 0 Å². The molecule has 0 unspecified atom stereocenters. The summed E-state index contributed by atoms with van der Waals surface area (Å²) in [6.45, 7) is 0. The minimum Gasteiger partial charge on any atom is -0.495 e. The van der Waals surface area contributed by atoms with Crippen molar-refractivity contribution in [3.8, 4) is 5.75 Å². The molecule has 1 fully saturated rings. The third kappa shape index (κ3) is 2.46. The molecule has 0 atom stereocenters. The molecular formula is C13H17ClO. The third-order valence-corrected chi connectivity index (χ3v) is 3.55. The quantitative estimate of drug-likeness (QED) is 0.724. The Morgan fingerprint density at radius 2 is 1.93 bits per heavy atom. The molecule has 1 aromatic carbocycles. The Bertz CT molecular complexity index is 329. The fraction of sp³-hybridized carbons (Fsp3) is 0.538.